The Morgan fingerprint density at radius 1 is 1.25 bits per heavy atom. The zero-order valence-electron chi connectivity index (χ0n) is 10.4. The van der Waals surface area contributed by atoms with Gasteiger partial charge in [0.15, 0.2) is 0 Å². The highest BCUT2D eigenvalue weighted by Gasteiger charge is 2.19. The van der Waals surface area contributed by atoms with Gasteiger partial charge in [0.2, 0.25) is 0 Å². The van der Waals surface area contributed by atoms with Crippen molar-refractivity contribution in [1.82, 2.24) is 4.98 Å². The standard InChI is InChI=1S/C14H22N2/c1-11-8-9-14(10-15-11)16-12(2)13-6-4-3-5-7-13/h8-10,12-13,16H,3-7H2,1-2H3. The van der Waals surface area contributed by atoms with Gasteiger partial charge in [-0.1, -0.05) is 19.3 Å². The molecule has 1 aliphatic rings. The van der Waals surface area contributed by atoms with Crippen LogP contribution in [0.3, 0.4) is 0 Å². The van der Waals surface area contributed by atoms with Crippen molar-refractivity contribution in [3.05, 3.63) is 24.0 Å². The second-order valence-electron chi connectivity index (χ2n) is 5.02. The monoisotopic (exact) mass is 218 g/mol. The average Bonchev–Trinajstić information content (AvgIpc) is 2.33. The van der Waals surface area contributed by atoms with Crippen molar-refractivity contribution < 1.29 is 0 Å². The van der Waals surface area contributed by atoms with Gasteiger partial charge < -0.3 is 5.32 Å². The third kappa shape index (κ3) is 2.97. The first-order valence-electron chi connectivity index (χ1n) is 6.45. The van der Waals surface area contributed by atoms with Crippen molar-refractivity contribution >= 4 is 5.69 Å². The number of anilines is 1. The molecule has 1 aliphatic carbocycles. The molecule has 1 N–H and O–H groups in total. The van der Waals surface area contributed by atoms with Gasteiger partial charge in [-0.2, -0.15) is 0 Å². The predicted octanol–water partition coefficient (Wildman–Crippen LogP) is 3.77. The molecule has 1 aromatic heterocycles. The van der Waals surface area contributed by atoms with E-state index in [0.29, 0.717) is 6.04 Å². The average molecular weight is 218 g/mol. The maximum Gasteiger partial charge on any atom is 0.0529 e. The fraction of sp³-hybridized carbons (Fsp3) is 0.643. The molecule has 1 heterocycles. The predicted molar refractivity (Wildman–Crippen MR) is 68.6 cm³/mol. The van der Waals surface area contributed by atoms with Crippen LogP contribution in [0, 0.1) is 12.8 Å². The van der Waals surface area contributed by atoms with Crippen LogP contribution in [0.2, 0.25) is 0 Å². The summed E-state index contributed by atoms with van der Waals surface area (Å²) in [5, 5.41) is 3.58. The van der Waals surface area contributed by atoms with Crippen LogP contribution < -0.4 is 5.32 Å². The van der Waals surface area contributed by atoms with E-state index in [1.165, 1.54) is 32.1 Å². The fourth-order valence-electron chi connectivity index (χ4n) is 2.57. The number of aromatic nitrogens is 1. The molecule has 16 heavy (non-hydrogen) atoms. The summed E-state index contributed by atoms with van der Waals surface area (Å²) in [6, 6.07) is 4.77. The number of nitrogens with zero attached hydrogens (tertiary/aromatic N) is 1. The summed E-state index contributed by atoms with van der Waals surface area (Å²) in [7, 11) is 0. The molecule has 0 radical (unpaired) electrons. The summed E-state index contributed by atoms with van der Waals surface area (Å²) >= 11 is 0. The van der Waals surface area contributed by atoms with Crippen LogP contribution in [-0.4, -0.2) is 11.0 Å². The molecule has 1 unspecified atom stereocenters. The lowest BCUT2D eigenvalue weighted by atomic mass is 9.84. The van der Waals surface area contributed by atoms with E-state index in [2.05, 4.69) is 29.4 Å². The van der Waals surface area contributed by atoms with Crippen LogP contribution >= 0.6 is 0 Å². The Bertz CT molecular complexity index is 312. The van der Waals surface area contributed by atoms with Crippen molar-refractivity contribution in [1.29, 1.82) is 0 Å². The van der Waals surface area contributed by atoms with Gasteiger partial charge in [0.1, 0.15) is 0 Å². The Morgan fingerprint density at radius 2 is 2.00 bits per heavy atom. The van der Waals surface area contributed by atoms with E-state index in [4.69, 9.17) is 0 Å². The Kier molecular flexibility index (Phi) is 3.81. The smallest absolute Gasteiger partial charge is 0.0529 e. The summed E-state index contributed by atoms with van der Waals surface area (Å²) in [6.07, 6.45) is 8.94. The molecule has 0 aliphatic heterocycles. The maximum atomic E-state index is 4.31. The molecular weight excluding hydrogens is 196 g/mol. The number of pyridine rings is 1. The highest BCUT2D eigenvalue weighted by molar-refractivity contribution is 5.41. The van der Waals surface area contributed by atoms with E-state index >= 15 is 0 Å². The van der Waals surface area contributed by atoms with Crippen LogP contribution in [0.25, 0.3) is 0 Å². The lowest BCUT2D eigenvalue weighted by molar-refractivity contribution is 0.328. The molecule has 2 nitrogen and oxygen atoms in total. The zero-order chi connectivity index (χ0) is 11.4. The molecule has 2 heteroatoms. The molecule has 1 aromatic rings. The van der Waals surface area contributed by atoms with Crippen molar-refractivity contribution in [2.24, 2.45) is 5.92 Å². The van der Waals surface area contributed by atoms with Gasteiger partial charge >= 0.3 is 0 Å². The molecule has 0 spiro atoms. The van der Waals surface area contributed by atoms with Gasteiger partial charge in [-0.05, 0) is 44.7 Å². The van der Waals surface area contributed by atoms with Gasteiger partial charge in [0.25, 0.3) is 0 Å². The van der Waals surface area contributed by atoms with Gasteiger partial charge in [-0.25, -0.2) is 0 Å². The first kappa shape index (κ1) is 11.4. The van der Waals surface area contributed by atoms with Crippen LogP contribution in [0.4, 0.5) is 5.69 Å². The highest BCUT2D eigenvalue weighted by atomic mass is 14.9. The largest absolute Gasteiger partial charge is 0.381 e. The van der Waals surface area contributed by atoms with Gasteiger partial charge in [-0.3, -0.25) is 4.98 Å². The molecule has 0 bridgehead atoms. The van der Waals surface area contributed by atoms with E-state index in [1.807, 2.05) is 13.1 Å². The van der Waals surface area contributed by atoms with Crippen molar-refractivity contribution in [3.63, 3.8) is 0 Å². The number of hydrogen-bond donors (Lipinski definition) is 1. The molecule has 1 fully saturated rings. The van der Waals surface area contributed by atoms with E-state index < -0.39 is 0 Å². The lowest BCUT2D eigenvalue weighted by Crippen LogP contribution is -2.27. The Hall–Kier alpha value is -1.05. The molecule has 0 aromatic carbocycles. The minimum absolute atomic E-state index is 0.574. The molecule has 88 valence electrons. The first-order chi connectivity index (χ1) is 7.75. The van der Waals surface area contributed by atoms with Crippen molar-refractivity contribution in [2.45, 2.75) is 52.0 Å². The normalized spacial score (nSPS) is 19.4. The Balaban J connectivity index is 1.90. The van der Waals surface area contributed by atoms with Gasteiger partial charge in [-0.15, -0.1) is 0 Å². The van der Waals surface area contributed by atoms with Crippen LogP contribution in [0.1, 0.15) is 44.7 Å². The second kappa shape index (κ2) is 5.33. The molecule has 0 amide bonds. The molecule has 1 atom stereocenters. The van der Waals surface area contributed by atoms with E-state index in [9.17, 15) is 0 Å². The number of hydrogen-bond acceptors (Lipinski definition) is 2. The summed E-state index contributed by atoms with van der Waals surface area (Å²) < 4.78 is 0. The van der Waals surface area contributed by atoms with E-state index in [-0.39, 0.29) is 0 Å². The van der Waals surface area contributed by atoms with Crippen LogP contribution in [0.15, 0.2) is 18.3 Å². The fourth-order valence-corrected chi connectivity index (χ4v) is 2.57. The van der Waals surface area contributed by atoms with Crippen LogP contribution in [0.5, 0.6) is 0 Å². The molecular formula is C14H22N2. The first-order valence-corrected chi connectivity index (χ1v) is 6.45. The van der Waals surface area contributed by atoms with Gasteiger partial charge in [0, 0.05) is 11.7 Å². The second-order valence-corrected chi connectivity index (χ2v) is 5.02. The molecule has 1 saturated carbocycles. The number of nitrogens with one attached hydrogen (secondary N) is 1. The Morgan fingerprint density at radius 3 is 2.62 bits per heavy atom. The number of aryl methyl sites for hydroxylation is 1. The van der Waals surface area contributed by atoms with Gasteiger partial charge in [0.05, 0.1) is 11.9 Å². The van der Waals surface area contributed by atoms with E-state index in [1.54, 1.807) is 0 Å². The summed E-state index contributed by atoms with van der Waals surface area (Å²) in [5.41, 5.74) is 2.24. The SMILES string of the molecule is Cc1ccc(NC(C)C2CCCCC2)cn1. The quantitative estimate of drug-likeness (QED) is 0.835. The zero-order valence-corrected chi connectivity index (χ0v) is 10.4. The molecule has 0 saturated heterocycles. The maximum absolute atomic E-state index is 4.31. The van der Waals surface area contributed by atoms with Crippen LogP contribution in [-0.2, 0) is 0 Å². The summed E-state index contributed by atoms with van der Waals surface area (Å²) in [6.45, 7) is 4.32. The third-order valence-corrected chi connectivity index (χ3v) is 3.66. The minimum atomic E-state index is 0.574. The minimum Gasteiger partial charge on any atom is -0.381 e. The summed E-state index contributed by atoms with van der Waals surface area (Å²) in [5.74, 6) is 0.843. The van der Waals surface area contributed by atoms with Crippen molar-refractivity contribution in [3.8, 4) is 0 Å². The lowest BCUT2D eigenvalue weighted by Gasteiger charge is -2.28. The third-order valence-electron chi connectivity index (χ3n) is 3.66. The topological polar surface area (TPSA) is 24.9 Å². The summed E-state index contributed by atoms with van der Waals surface area (Å²) in [4.78, 5) is 4.31. The Labute approximate surface area is 98.5 Å². The highest BCUT2D eigenvalue weighted by Crippen LogP contribution is 2.27. The molecule has 2 rings (SSSR count). The number of rotatable bonds is 3. The van der Waals surface area contributed by atoms with E-state index in [0.717, 1.165) is 17.3 Å². The van der Waals surface area contributed by atoms with Crippen molar-refractivity contribution in [2.75, 3.05) is 5.32 Å².